The Balaban J connectivity index is 1.51. The zero-order valence-corrected chi connectivity index (χ0v) is 20.1. The van der Waals surface area contributed by atoms with Crippen molar-refractivity contribution in [2.75, 3.05) is 25.6 Å². The Morgan fingerprint density at radius 3 is 2.38 bits per heavy atom. The quantitative estimate of drug-likeness (QED) is 0.300. The number of carbonyl (C=O) groups is 3. The molecule has 3 aromatic carbocycles. The fraction of sp³-hybridized carbons (Fsp3) is 0.160. The van der Waals surface area contributed by atoms with Gasteiger partial charge >= 0.3 is 5.97 Å². The Morgan fingerprint density at radius 1 is 0.941 bits per heavy atom. The molecule has 7 nitrogen and oxygen atoms in total. The molecule has 0 unspecified atom stereocenters. The molecule has 9 heteroatoms. The number of methoxy groups -OCH3 is 1. The lowest BCUT2D eigenvalue weighted by Crippen LogP contribution is -2.24. The van der Waals surface area contributed by atoms with Crippen LogP contribution in [0, 0.1) is 0 Å². The van der Waals surface area contributed by atoms with Gasteiger partial charge in [0.05, 0.1) is 12.8 Å². The SMILES string of the molecule is COc1cc(C(C)=O)ccc1OCC(=O)OCC(=O)Nc1ccccc1Sc1ccc(Cl)cc1. The maximum absolute atomic E-state index is 12.3. The molecule has 0 spiro atoms. The minimum absolute atomic E-state index is 0.122. The van der Waals surface area contributed by atoms with Gasteiger partial charge in [-0.05, 0) is 61.5 Å². The number of benzene rings is 3. The zero-order chi connectivity index (χ0) is 24.5. The Kier molecular flexibility index (Phi) is 8.95. The summed E-state index contributed by atoms with van der Waals surface area (Å²) in [4.78, 5) is 37.6. The predicted octanol–water partition coefficient (Wildman–Crippen LogP) is 5.26. The summed E-state index contributed by atoms with van der Waals surface area (Å²) in [5.41, 5.74) is 1.05. The molecule has 34 heavy (non-hydrogen) atoms. The number of hydrogen-bond acceptors (Lipinski definition) is 7. The average molecular weight is 500 g/mol. The van der Waals surface area contributed by atoms with Crippen LogP contribution in [-0.2, 0) is 14.3 Å². The fourth-order valence-corrected chi connectivity index (χ4v) is 3.83. The molecule has 0 atom stereocenters. The topological polar surface area (TPSA) is 90.9 Å². The smallest absolute Gasteiger partial charge is 0.344 e. The van der Waals surface area contributed by atoms with E-state index in [9.17, 15) is 14.4 Å². The van der Waals surface area contributed by atoms with Gasteiger partial charge in [0.2, 0.25) is 0 Å². The lowest BCUT2D eigenvalue weighted by atomic mass is 10.1. The number of carbonyl (C=O) groups excluding carboxylic acids is 3. The van der Waals surface area contributed by atoms with Crippen LogP contribution in [0.25, 0.3) is 0 Å². The zero-order valence-electron chi connectivity index (χ0n) is 18.5. The van der Waals surface area contributed by atoms with Crippen LogP contribution in [0.15, 0.2) is 76.5 Å². The van der Waals surface area contributed by atoms with E-state index in [2.05, 4.69) is 5.32 Å². The number of halogens is 1. The summed E-state index contributed by atoms with van der Waals surface area (Å²) in [6.07, 6.45) is 0. The van der Waals surface area contributed by atoms with Crippen LogP contribution in [0.4, 0.5) is 5.69 Å². The average Bonchev–Trinajstić information content (AvgIpc) is 2.83. The molecule has 176 valence electrons. The van der Waals surface area contributed by atoms with Gasteiger partial charge in [0, 0.05) is 20.4 Å². The fourth-order valence-electron chi connectivity index (χ4n) is 2.81. The maximum atomic E-state index is 12.3. The second kappa shape index (κ2) is 12.1. The van der Waals surface area contributed by atoms with E-state index in [1.54, 1.807) is 30.3 Å². The highest BCUT2D eigenvalue weighted by Gasteiger charge is 2.14. The summed E-state index contributed by atoms with van der Waals surface area (Å²) in [7, 11) is 1.43. The van der Waals surface area contributed by atoms with Crippen molar-refractivity contribution >= 4 is 46.7 Å². The van der Waals surface area contributed by atoms with Crippen molar-refractivity contribution in [1.29, 1.82) is 0 Å². The Morgan fingerprint density at radius 2 is 1.68 bits per heavy atom. The van der Waals surface area contributed by atoms with Gasteiger partial charge in [-0.15, -0.1) is 0 Å². The summed E-state index contributed by atoms with van der Waals surface area (Å²) in [6.45, 7) is 0.543. The highest BCUT2D eigenvalue weighted by Crippen LogP contribution is 2.34. The molecule has 0 aromatic heterocycles. The first-order chi connectivity index (χ1) is 16.4. The Hall–Kier alpha value is -3.49. The van der Waals surface area contributed by atoms with Gasteiger partial charge in [0.15, 0.2) is 30.5 Å². The molecule has 0 saturated heterocycles. The van der Waals surface area contributed by atoms with E-state index < -0.39 is 25.1 Å². The van der Waals surface area contributed by atoms with Crippen LogP contribution in [0.3, 0.4) is 0 Å². The largest absolute Gasteiger partial charge is 0.493 e. The third-order valence-electron chi connectivity index (χ3n) is 4.48. The molecule has 0 aliphatic heterocycles. The first-order valence-electron chi connectivity index (χ1n) is 10.2. The van der Waals surface area contributed by atoms with Crippen LogP contribution in [0.2, 0.25) is 5.02 Å². The molecule has 0 aliphatic rings. The number of Topliss-reactive ketones (excluding diaryl/α,β-unsaturated/α-hetero) is 1. The van der Waals surface area contributed by atoms with Crippen molar-refractivity contribution in [1.82, 2.24) is 0 Å². The second-order valence-corrected chi connectivity index (χ2v) is 8.52. The normalized spacial score (nSPS) is 10.3. The highest BCUT2D eigenvalue weighted by atomic mass is 35.5. The highest BCUT2D eigenvalue weighted by molar-refractivity contribution is 7.99. The van der Waals surface area contributed by atoms with Crippen LogP contribution in [0.1, 0.15) is 17.3 Å². The molecule has 3 aromatic rings. The number of esters is 1. The molecular formula is C25H22ClNO6S. The van der Waals surface area contributed by atoms with Gasteiger partial charge in [-0.25, -0.2) is 4.79 Å². The number of hydrogen-bond donors (Lipinski definition) is 1. The Bertz CT molecular complexity index is 1180. The van der Waals surface area contributed by atoms with Crippen molar-refractivity contribution in [3.63, 3.8) is 0 Å². The number of rotatable bonds is 10. The first kappa shape index (κ1) is 25.1. The number of nitrogens with one attached hydrogen (secondary N) is 1. The predicted molar refractivity (Wildman–Crippen MR) is 130 cm³/mol. The molecule has 0 saturated carbocycles. The maximum Gasteiger partial charge on any atom is 0.344 e. The van der Waals surface area contributed by atoms with E-state index in [4.69, 9.17) is 25.8 Å². The molecule has 0 aliphatic carbocycles. The van der Waals surface area contributed by atoms with E-state index in [0.29, 0.717) is 22.0 Å². The molecule has 3 rings (SSSR count). The van der Waals surface area contributed by atoms with Crippen LogP contribution in [0.5, 0.6) is 11.5 Å². The summed E-state index contributed by atoms with van der Waals surface area (Å²) < 4.78 is 15.6. The van der Waals surface area contributed by atoms with E-state index >= 15 is 0 Å². The number of amides is 1. The van der Waals surface area contributed by atoms with Crippen LogP contribution in [-0.4, -0.2) is 38.0 Å². The molecule has 0 fully saturated rings. The summed E-state index contributed by atoms with van der Waals surface area (Å²) in [5, 5.41) is 3.39. The van der Waals surface area contributed by atoms with E-state index in [1.807, 2.05) is 24.3 Å². The summed E-state index contributed by atoms with van der Waals surface area (Å²) in [6, 6.07) is 19.3. The summed E-state index contributed by atoms with van der Waals surface area (Å²) >= 11 is 7.40. The standard InChI is InChI=1S/C25H22ClNO6S/c1-16(28)17-7-12-21(22(13-17)31-2)32-15-25(30)33-14-24(29)27-20-5-3-4-6-23(20)34-19-10-8-18(26)9-11-19/h3-13H,14-15H2,1-2H3,(H,27,29). The number of ether oxygens (including phenoxy) is 3. The minimum atomic E-state index is -0.725. The first-order valence-corrected chi connectivity index (χ1v) is 11.3. The third kappa shape index (κ3) is 7.26. The minimum Gasteiger partial charge on any atom is -0.493 e. The van der Waals surface area contributed by atoms with Crippen molar-refractivity contribution < 1.29 is 28.6 Å². The van der Waals surface area contributed by atoms with Crippen molar-refractivity contribution in [2.24, 2.45) is 0 Å². The van der Waals surface area contributed by atoms with Crippen LogP contribution < -0.4 is 14.8 Å². The molecule has 0 radical (unpaired) electrons. The monoisotopic (exact) mass is 499 g/mol. The lowest BCUT2D eigenvalue weighted by molar-refractivity contribution is -0.149. The number of anilines is 1. The second-order valence-electron chi connectivity index (χ2n) is 6.97. The molecular weight excluding hydrogens is 478 g/mol. The van der Waals surface area contributed by atoms with Gasteiger partial charge in [-0.2, -0.15) is 0 Å². The molecule has 0 bridgehead atoms. The molecule has 1 amide bonds. The molecule has 1 N–H and O–H groups in total. The third-order valence-corrected chi connectivity index (χ3v) is 5.82. The van der Waals surface area contributed by atoms with E-state index in [1.165, 1.54) is 37.9 Å². The van der Waals surface area contributed by atoms with Crippen LogP contribution >= 0.6 is 23.4 Å². The van der Waals surface area contributed by atoms with Gasteiger partial charge in [-0.1, -0.05) is 35.5 Å². The molecule has 0 heterocycles. The number of para-hydroxylation sites is 1. The van der Waals surface area contributed by atoms with Gasteiger partial charge in [-0.3, -0.25) is 9.59 Å². The van der Waals surface area contributed by atoms with Gasteiger partial charge in [0.25, 0.3) is 5.91 Å². The number of ketones is 1. The van der Waals surface area contributed by atoms with Gasteiger partial charge in [0.1, 0.15) is 0 Å². The van der Waals surface area contributed by atoms with E-state index in [-0.39, 0.29) is 11.5 Å². The van der Waals surface area contributed by atoms with Crippen molar-refractivity contribution in [3.8, 4) is 11.5 Å². The Labute approximate surface area is 206 Å². The van der Waals surface area contributed by atoms with E-state index in [0.717, 1.165) is 9.79 Å². The van der Waals surface area contributed by atoms with Gasteiger partial charge < -0.3 is 19.5 Å². The lowest BCUT2D eigenvalue weighted by Gasteiger charge is -2.12. The van der Waals surface area contributed by atoms with Crippen molar-refractivity contribution in [2.45, 2.75) is 16.7 Å². The summed E-state index contributed by atoms with van der Waals surface area (Å²) in [5.74, 6) is -0.740. The van der Waals surface area contributed by atoms with Crippen molar-refractivity contribution in [3.05, 3.63) is 77.3 Å².